The predicted molar refractivity (Wildman–Crippen MR) is 115 cm³/mol. The van der Waals surface area contributed by atoms with Crippen molar-refractivity contribution in [3.8, 4) is 0 Å². The van der Waals surface area contributed by atoms with Crippen molar-refractivity contribution < 1.29 is 0 Å². The zero-order chi connectivity index (χ0) is 18.7. The van der Waals surface area contributed by atoms with Crippen LogP contribution >= 0.6 is 23.2 Å². The fourth-order valence-electron chi connectivity index (χ4n) is 4.68. The molecule has 2 nitrogen and oxygen atoms in total. The first-order chi connectivity index (χ1) is 13.1. The normalized spacial score (nSPS) is 23.5. The number of nitrogens with zero attached hydrogens (tertiary/aromatic N) is 2. The second kappa shape index (κ2) is 8.53. The van der Waals surface area contributed by atoms with Crippen LogP contribution in [0.1, 0.15) is 24.0 Å². The van der Waals surface area contributed by atoms with Gasteiger partial charge in [-0.2, -0.15) is 0 Å². The second-order valence-electron chi connectivity index (χ2n) is 8.29. The van der Waals surface area contributed by atoms with Gasteiger partial charge in [0.05, 0.1) is 10.0 Å². The summed E-state index contributed by atoms with van der Waals surface area (Å²) in [5.74, 6) is 0. The molecule has 0 saturated carbocycles. The first kappa shape index (κ1) is 19.3. The molecule has 0 amide bonds. The van der Waals surface area contributed by atoms with Gasteiger partial charge in [0.2, 0.25) is 0 Å². The maximum atomic E-state index is 6.15. The number of hydrogen-bond acceptors (Lipinski definition) is 2. The molecular formula is C23H28Cl2N2. The summed E-state index contributed by atoms with van der Waals surface area (Å²) in [4.78, 5) is 5.32. The van der Waals surface area contributed by atoms with Crippen LogP contribution in [-0.4, -0.2) is 49.1 Å². The minimum Gasteiger partial charge on any atom is -0.302 e. The van der Waals surface area contributed by atoms with Crippen LogP contribution < -0.4 is 0 Å². The van der Waals surface area contributed by atoms with Gasteiger partial charge in [0.1, 0.15) is 0 Å². The Balaban J connectivity index is 1.24. The maximum absolute atomic E-state index is 6.15. The smallest absolute Gasteiger partial charge is 0.0595 e. The molecule has 4 heteroatoms. The topological polar surface area (TPSA) is 6.48 Å². The molecule has 144 valence electrons. The van der Waals surface area contributed by atoms with E-state index in [0.717, 1.165) is 19.4 Å². The van der Waals surface area contributed by atoms with Gasteiger partial charge in [-0.05, 0) is 67.4 Å². The van der Waals surface area contributed by atoms with Crippen molar-refractivity contribution in [3.05, 3.63) is 69.7 Å². The van der Waals surface area contributed by atoms with Crippen LogP contribution in [0.15, 0.2) is 48.5 Å². The maximum Gasteiger partial charge on any atom is 0.0595 e. The minimum absolute atomic E-state index is 0.522. The zero-order valence-electron chi connectivity index (χ0n) is 15.8. The number of benzene rings is 2. The zero-order valence-corrected chi connectivity index (χ0v) is 17.4. The summed E-state index contributed by atoms with van der Waals surface area (Å²) in [5, 5.41) is 1.30. The van der Waals surface area contributed by atoms with Gasteiger partial charge in [0.15, 0.2) is 0 Å². The fourth-order valence-corrected chi connectivity index (χ4v) is 5.01. The monoisotopic (exact) mass is 402 g/mol. The number of rotatable bonds is 6. The van der Waals surface area contributed by atoms with E-state index in [-0.39, 0.29) is 0 Å². The molecule has 1 atom stereocenters. The lowest BCUT2D eigenvalue weighted by Crippen LogP contribution is -2.32. The molecule has 4 rings (SSSR count). The molecule has 0 aromatic heterocycles. The van der Waals surface area contributed by atoms with Crippen LogP contribution in [0.25, 0.3) is 0 Å². The molecule has 0 N–H and O–H groups in total. The highest BCUT2D eigenvalue weighted by atomic mass is 35.5. The van der Waals surface area contributed by atoms with Crippen molar-refractivity contribution in [2.75, 3.05) is 39.3 Å². The molecule has 27 heavy (non-hydrogen) atoms. The largest absolute Gasteiger partial charge is 0.302 e. The molecule has 0 bridgehead atoms. The molecule has 1 spiro atoms. The summed E-state index contributed by atoms with van der Waals surface area (Å²) >= 11 is 12.2. The summed E-state index contributed by atoms with van der Waals surface area (Å²) in [7, 11) is 0. The average Bonchev–Trinajstić information content (AvgIpc) is 3.28. The van der Waals surface area contributed by atoms with Crippen LogP contribution in [0.2, 0.25) is 10.0 Å². The van der Waals surface area contributed by atoms with Crippen LogP contribution in [-0.2, 0) is 12.8 Å². The third kappa shape index (κ3) is 4.86. The molecule has 1 unspecified atom stereocenters. The minimum atomic E-state index is 0.522. The van der Waals surface area contributed by atoms with Gasteiger partial charge in [-0.25, -0.2) is 0 Å². The summed E-state index contributed by atoms with van der Waals surface area (Å²) < 4.78 is 0. The molecule has 2 aliphatic rings. The fraction of sp³-hybridized carbons (Fsp3) is 0.478. The van der Waals surface area contributed by atoms with Crippen LogP contribution in [0.3, 0.4) is 0 Å². The molecule has 2 heterocycles. The van der Waals surface area contributed by atoms with Crippen molar-refractivity contribution in [1.29, 1.82) is 0 Å². The second-order valence-corrected chi connectivity index (χ2v) is 9.10. The van der Waals surface area contributed by atoms with Crippen molar-refractivity contribution in [2.24, 2.45) is 5.41 Å². The quantitative estimate of drug-likeness (QED) is 0.656. The highest BCUT2D eigenvalue weighted by Gasteiger charge is 2.42. The predicted octanol–water partition coefficient (Wildman–Crippen LogP) is 5.18. The van der Waals surface area contributed by atoms with E-state index >= 15 is 0 Å². The van der Waals surface area contributed by atoms with E-state index in [4.69, 9.17) is 23.2 Å². The van der Waals surface area contributed by atoms with Gasteiger partial charge in [-0.3, -0.25) is 0 Å². The van der Waals surface area contributed by atoms with E-state index in [1.165, 1.54) is 56.7 Å². The average molecular weight is 403 g/mol. The third-order valence-corrected chi connectivity index (χ3v) is 7.03. The van der Waals surface area contributed by atoms with E-state index in [1.54, 1.807) is 0 Å². The van der Waals surface area contributed by atoms with E-state index in [1.807, 2.05) is 12.1 Å². The van der Waals surface area contributed by atoms with Gasteiger partial charge in [0.25, 0.3) is 0 Å². The Hall–Kier alpha value is -1.06. The molecule has 2 aromatic carbocycles. The lowest BCUT2D eigenvalue weighted by molar-refractivity contribution is 0.243. The molecule has 2 saturated heterocycles. The van der Waals surface area contributed by atoms with Gasteiger partial charge >= 0.3 is 0 Å². The summed E-state index contributed by atoms with van der Waals surface area (Å²) in [6.07, 6.45) is 4.91. The van der Waals surface area contributed by atoms with Crippen molar-refractivity contribution in [2.45, 2.75) is 25.7 Å². The SMILES string of the molecule is Clc1ccc(CCN2CCC3(CCN(CCc4ccccc4)C3)C2)cc1Cl. The lowest BCUT2D eigenvalue weighted by atomic mass is 9.86. The van der Waals surface area contributed by atoms with Crippen LogP contribution in [0, 0.1) is 5.41 Å². The number of halogens is 2. The highest BCUT2D eigenvalue weighted by Crippen LogP contribution is 2.39. The number of hydrogen-bond donors (Lipinski definition) is 0. The lowest BCUT2D eigenvalue weighted by Gasteiger charge is -2.25. The van der Waals surface area contributed by atoms with Crippen LogP contribution in [0.5, 0.6) is 0 Å². The summed E-state index contributed by atoms with van der Waals surface area (Å²) in [6.45, 7) is 7.30. The van der Waals surface area contributed by atoms with Crippen molar-refractivity contribution >= 4 is 23.2 Å². The summed E-state index contributed by atoms with van der Waals surface area (Å²) in [5.41, 5.74) is 3.25. The highest BCUT2D eigenvalue weighted by molar-refractivity contribution is 6.42. The summed E-state index contributed by atoms with van der Waals surface area (Å²) in [6, 6.07) is 16.9. The Kier molecular flexibility index (Phi) is 6.08. The van der Waals surface area contributed by atoms with E-state index in [2.05, 4.69) is 46.2 Å². The van der Waals surface area contributed by atoms with Crippen molar-refractivity contribution in [1.82, 2.24) is 9.80 Å². The van der Waals surface area contributed by atoms with E-state index < -0.39 is 0 Å². The Morgan fingerprint density at radius 3 is 2.00 bits per heavy atom. The molecule has 2 aromatic rings. The van der Waals surface area contributed by atoms with Crippen LogP contribution in [0.4, 0.5) is 0 Å². The van der Waals surface area contributed by atoms with Gasteiger partial charge in [-0.15, -0.1) is 0 Å². The Morgan fingerprint density at radius 2 is 1.37 bits per heavy atom. The Morgan fingerprint density at radius 1 is 0.741 bits per heavy atom. The van der Waals surface area contributed by atoms with Crippen molar-refractivity contribution in [3.63, 3.8) is 0 Å². The molecular weight excluding hydrogens is 375 g/mol. The molecule has 2 fully saturated rings. The van der Waals surface area contributed by atoms with Gasteiger partial charge in [-0.1, -0.05) is 59.6 Å². The van der Waals surface area contributed by atoms with Gasteiger partial charge < -0.3 is 9.80 Å². The first-order valence-electron chi connectivity index (χ1n) is 10.0. The van der Waals surface area contributed by atoms with E-state index in [0.29, 0.717) is 15.5 Å². The first-order valence-corrected chi connectivity index (χ1v) is 10.8. The standard InChI is InChI=1S/C23H28Cl2N2/c24-21-7-6-20(16-22(21)25)9-13-27-15-11-23(18-27)10-14-26(17-23)12-8-19-4-2-1-3-5-19/h1-7,16H,8-15,17-18H2. The molecule has 2 aliphatic heterocycles. The Bertz CT molecular complexity index is 764. The number of likely N-dealkylation sites (tertiary alicyclic amines) is 2. The molecule has 0 radical (unpaired) electrons. The third-order valence-electron chi connectivity index (χ3n) is 6.30. The Labute approximate surface area is 173 Å². The molecule has 0 aliphatic carbocycles. The van der Waals surface area contributed by atoms with Gasteiger partial charge in [0, 0.05) is 26.2 Å². The van der Waals surface area contributed by atoms with E-state index in [9.17, 15) is 0 Å².